The lowest BCUT2D eigenvalue weighted by molar-refractivity contribution is -0.169. The maximum Gasteiger partial charge on any atom is 0.277 e. The highest BCUT2D eigenvalue weighted by Gasteiger charge is 2.40. The first kappa shape index (κ1) is 17.9. The summed E-state index contributed by atoms with van der Waals surface area (Å²) in [6.07, 6.45) is 3.06. The van der Waals surface area contributed by atoms with Crippen molar-refractivity contribution in [1.29, 1.82) is 0 Å². The number of carbonyl (C=O) groups is 1. The van der Waals surface area contributed by atoms with E-state index in [1.165, 1.54) is 6.33 Å². The third-order valence-electron chi connectivity index (χ3n) is 5.16. The molecule has 7 heteroatoms. The van der Waals surface area contributed by atoms with E-state index in [-0.39, 0.29) is 5.91 Å². The topological polar surface area (TPSA) is 67.8 Å². The predicted molar refractivity (Wildman–Crippen MR) is 102 cm³/mol. The molecule has 4 rings (SSSR count). The minimum atomic E-state index is -0.422. The molecule has 27 heavy (non-hydrogen) atoms. The number of anilines is 2. The van der Waals surface area contributed by atoms with Crippen LogP contribution < -0.4 is 9.80 Å². The minimum Gasteiger partial charge on any atom is -0.356 e. The number of nitrogens with zero attached hydrogens (tertiary/aromatic N) is 4. The van der Waals surface area contributed by atoms with Gasteiger partial charge in [0.2, 0.25) is 0 Å². The summed E-state index contributed by atoms with van der Waals surface area (Å²) < 4.78 is 11.6. The Labute approximate surface area is 158 Å². The van der Waals surface area contributed by atoms with Crippen molar-refractivity contribution in [2.45, 2.75) is 25.6 Å². The van der Waals surface area contributed by atoms with Crippen molar-refractivity contribution in [3.05, 3.63) is 48.4 Å². The Morgan fingerprint density at radius 1 is 1.15 bits per heavy atom. The van der Waals surface area contributed by atoms with Crippen LogP contribution >= 0.6 is 0 Å². The van der Waals surface area contributed by atoms with Crippen molar-refractivity contribution in [2.24, 2.45) is 0 Å². The van der Waals surface area contributed by atoms with Gasteiger partial charge in [0.15, 0.2) is 5.79 Å². The van der Waals surface area contributed by atoms with Crippen LogP contribution in [0.1, 0.15) is 30.3 Å². The number of benzene rings is 1. The summed E-state index contributed by atoms with van der Waals surface area (Å²) in [5.41, 5.74) is 1.26. The zero-order valence-corrected chi connectivity index (χ0v) is 15.5. The summed E-state index contributed by atoms with van der Waals surface area (Å²) in [6.45, 7) is 5.42. The first-order valence-corrected chi connectivity index (χ1v) is 9.43. The molecular weight excluding hydrogens is 344 g/mol. The molecule has 2 aliphatic rings. The maximum atomic E-state index is 13.0. The first-order valence-electron chi connectivity index (χ1n) is 9.43. The number of amides is 1. The van der Waals surface area contributed by atoms with Crippen LogP contribution in [0, 0.1) is 0 Å². The molecule has 2 aliphatic heterocycles. The molecule has 2 fully saturated rings. The molecule has 0 N–H and O–H groups in total. The SMILES string of the molecule is CCN(C(=O)c1cc(N2CCC3(CC2)OCCO3)ncn1)c1ccccc1. The zero-order chi connectivity index (χ0) is 18.7. The molecule has 0 atom stereocenters. The summed E-state index contributed by atoms with van der Waals surface area (Å²) in [4.78, 5) is 25.5. The van der Waals surface area contributed by atoms with E-state index in [0.717, 1.165) is 37.4 Å². The number of ether oxygens (including phenoxy) is 2. The molecule has 142 valence electrons. The van der Waals surface area contributed by atoms with Crippen molar-refractivity contribution < 1.29 is 14.3 Å². The zero-order valence-electron chi connectivity index (χ0n) is 15.5. The lowest BCUT2D eigenvalue weighted by Gasteiger charge is -2.38. The van der Waals surface area contributed by atoms with Gasteiger partial charge >= 0.3 is 0 Å². The van der Waals surface area contributed by atoms with Crippen LogP contribution in [0.4, 0.5) is 11.5 Å². The first-order chi connectivity index (χ1) is 13.2. The Hall–Kier alpha value is -2.51. The van der Waals surface area contributed by atoms with Crippen molar-refractivity contribution in [3.63, 3.8) is 0 Å². The second kappa shape index (κ2) is 7.62. The molecule has 1 amide bonds. The predicted octanol–water partition coefficient (Wildman–Crippen LogP) is 2.49. The lowest BCUT2D eigenvalue weighted by Crippen LogP contribution is -2.45. The standard InChI is InChI=1S/C20H24N4O3/c1-2-24(16-6-4-3-5-7-16)19(25)17-14-18(22-15-21-17)23-10-8-20(9-11-23)26-12-13-27-20/h3-7,14-15H,2,8-13H2,1H3. The molecule has 2 aromatic rings. The average molecular weight is 368 g/mol. The smallest absolute Gasteiger partial charge is 0.277 e. The van der Waals surface area contributed by atoms with E-state index >= 15 is 0 Å². The Kier molecular flexibility index (Phi) is 5.05. The van der Waals surface area contributed by atoms with E-state index in [1.807, 2.05) is 37.3 Å². The van der Waals surface area contributed by atoms with Crippen LogP contribution in [0.3, 0.4) is 0 Å². The summed E-state index contributed by atoms with van der Waals surface area (Å²) >= 11 is 0. The third-order valence-corrected chi connectivity index (χ3v) is 5.16. The molecule has 0 saturated carbocycles. The molecule has 3 heterocycles. The van der Waals surface area contributed by atoms with E-state index < -0.39 is 5.79 Å². The Balaban J connectivity index is 1.50. The van der Waals surface area contributed by atoms with Crippen molar-refractivity contribution in [2.75, 3.05) is 42.6 Å². The van der Waals surface area contributed by atoms with Gasteiger partial charge in [-0.1, -0.05) is 18.2 Å². The fourth-order valence-electron chi connectivity index (χ4n) is 3.69. The maximum absolute atomic E-state index is 13.0. The van der Waals surface area contributed by atoms with Gasteiger partial charge in [-0.15, -0.1) is 0 Å². The van der Waals surface area contributed by atoms with E-state index in [9.17, 15) is 4.79 Å². The largest absolute Gasteiger partial charge is 0.356 e. The minimum absolute atomic E-state index is 0.122. The van der Waals surface area contributed by atoms with Gasteiger partial charge < -0.3 is 19.3 Å². The molecule has 0 bridgehead atoms. The number of piperidine rings is 1. The Bertz CT molecular complexity index is 783. The van der Waals surface area contributed by atoms with Crippen LogP contribution in [0.5, 0.6) is 0 Å². The van der Waals surface area contributed by atoms with Crippen molar-refractivity contribution in [1.82, 2.24) is 9.97 Å². The number of para-hydroxylation sites is 1. The summed E-state index contributed by atoms with van der Waals surface area (Å²) in [6, 6.07) is 11.4. The highest BCUT2D eigenvalue weighted by molar-refractivity contribution is 6.05. The van der Waals surface area contributed by atoms with Gasteiger partial charge in [0, 0.05) is 44.2 Å². The van der Waals surface area contributed by atoms with E-state index in [2.05, 4.69) is 14.9 Å². The fourth-order valence-corrected chi connectivity index (χ4v) is 3.69. The van der Waals surface area contributed by atoms with Gasteiger partial charge in [0.05, 0.1) is 13.2 Å². The van der Waals surface area contributed by atoms with Gasteiger partial charge in [-0.3, -0.25) is 4.79 Å². The quantitative estimate of drug-likeness (QED) is 0.826. The average Bonchev–Trinajstić information content (AvgIpc) is 3.18. The molecule has 1 aromatic carbocycles. The van der Waals surface area contributed by atoms with Gasteiger partial charge in [0.25, 0.3) is 5.91 Å². The van der Waals surface area contributed by atoms with Gasteiger partial charge in [0.1, 0.15) is 17.8 Å². The number of hydrogen-bond acceptors (Lipinski definition) is 6. The number of carbonyl (C=O) groups excluding carboxylic acids is 1. The lowest BCUT2D eigenvalue weighted by atomic mass is 10.0. The van der Waals surface area contributed by atoms with E-state index in [4.69, 9.17) is 9.47 Å². The molecule has 1 spiro atoms. The normalized spacial score (nSPS) is 18.6. The summed E-state index contributed by atoms with van der Waals surface area (Å²) in [5.74, 6) is 0.225. The van der Waals surface area contributed by atoms with Crippen molar-refractivity contribution in [3.8, 4) is 0 Å². The number of rotatable bonds is 4. The van der Waals surface area contributed by atoms with Crippen LogP contribution in [0.15, 0.2) is 42.7 Å². The molecular formula is C20H24N4O3. The second-order valence-corrected chi connectivity index (χ2v) is 6.74. The Morgan fingerprint density at radius 3 is 2.52 bits per heavy atom. The second-order valence-electron chi connectivity index (χ2n) is 6.74. The summed E-state index contributed by atoms with van der Waals surface area (Å²) in [5, 5.41) is 0. The fraction of sp³-hybridized carbons (Fsp3) is 0.450. The van der Waals surface area contributed by atoms with Crippen LogP contribution in [0.25, 0.3) is 0 Å². The van der Waals surface area contributed by atoms with Crippen molar-refractivity contribution >= 4 is 17.4 Å². The molecule has 2 saturated heterocycles. The van der Waals surface area contributed by atoms with Crippen LogP contribution in [-0.2, 0) is 9.47 Å². The molecule has 0 radical (unpaired) electrons. The van der Waals surface area contributed by atoms with Gasteiger partial charge in [-0.05, 0) is 19.1 Å². The van der Waals surface area contributed by atoms with Crippen LogP contribution in [0.2, 0.25) is 0 Å². The monoisotopic (exact) mass is 368 g/mol. The highest BCUT2D eigenvalue weighted by Crippen LogP contribution is 2.32. The molecule has 1 aromatic heterocycles. The van der Waals surface area contributed by atoms with Crippen LogP contribution in [-0.4, -0.2) is 54.5 Å². The third kappa shape index (κ3) is 3.65. The number of hydrogen-bond donors (Lipinski definition) is 0. The molecule has 0 unspecified atom stereocenters. The van der Waals surface area contributed by atoms with E-state index in [1.54, 1.807) is 11.0 Å². The van der Waals surface area contributed by atoms with Gasteiger partial charge in [-0.25, -0.2) is 9.97 Å². The summed E-state index contributed by atoms with van der Waals surface area (Å²) in [7, 11) is 0. The molecule has 7 nitrogen and oxygen atoms in total. The highest BCUT2D eigenvalue weighted by atomic mass is 16.7. The Morgan fingerprint density at radius 2 is 1.85 bits per heavy atom. The van der Waals surface area contributed by atoms with E-state index in [0.29, 0.717) is 25.5 Å². The molecule has 0 aliphatic carbocycles. The number of aromatic nitrogens is 2. The van der Waals surface area contributed by atoms with Gasteiger partial charge in [-0.2, -0.15) is 0 Å².